The third kappa shape index (κ3) is 3.65. The van der Waals surface area contributed by atoms with Crippen LogP contribution in [0.1, 0.15) is 22.5 Å². The second-order valence-electron chi connectivity index (χ2n) is 5.54. The van der Waals surface area contributed by atoms with Crippen molar-refractivity contribution < 1.29 is 9.53 Å². The first-order valence-corrected chi connectivity index (χ1v) is 7.75. The van der Waals surface area contributed by atoms with Crippen molar-refractivity contribution in [2.45, 2.75) is 18.9 Å². The van der Waals surface area contributed by atoms with E-state index >= 15 is 0 Å². The Bertz CT molecular complexity index is 657. The van der Waals surface area contributed by atoms with Gasteiger partial charge >= 0.3 is 0 Å². The fraction of sp³-hybridized carbons (Fsp3) is 0.353. The maximum absolute atomic E-state index is 12.9. The second kappa shape index (κ2) is 7.19. The number of hydrogen-bond donors (Lipinski definition) is 1. The average molecular weight is 312 g/mol. The Kier molecular flexibility index (Phi) is 4.83. The number of hydrogen-bond acceptors (Lipinski definition) is 5. The predicted molar refractivity (Wildman–Crippen MR) is 86.9 cm³/mol. The molecule has 1 aliphatic rings. The van der Waals surface area contributed by atoms with Crippen LogP contribution in [0.3, 0.4) is 0 Å². The SMILES string of the molecule is Nc1nccnc1C(=O)N(CCc1ccccc1)[C@H]1CCOC1. The van der Waals surface area contributed by atoms with E-state index in [4.69, 9.17) is 10.5 Å². The van der Waals surface area contributed by atoms with Crippen LogP contribution in [0.25, 0.3) is 0 Å². The van der Waals surface area contributed by atoms with Gasteiger partial charge in [-0.25, -0.2) is 9.97 Å². The summed E-state index contributed by atoms with van der Waals surface area (Å²) in [5.41, 5.74) is 7.22. The molecule has 0 saturated carbocycles. The standard InChI is InChI=1S/C17H20N4O2/c18-16-15(19-8-9-20-16)17(22)21(14-7-11-23-12-14)10-6-13-4-2-1-3-5-13/h1-5,8-9,14H,6-7,10-12H2,(H2,18,20)/t14-/m0/s1. The van der Waals surface area contributed by atoms with Crippen LogP contribution in [0.4, 0.5) is 5.82 Å². The van der Waals surface area contributed by atoms with E-state index < -0.39 is 0 Å². The molecule has 0 bridgehead atoms. The summed E-state index contributed by atoms with van der Waals surface area (Å²) in [7, 11) is 0. The van der Waals surface area contributed by atoms with Gasteiger partial charge in [0.25, 0.3) is 5.91 Å². The summed E-state index contributed by atoms with van der Waals surface area (Å²) in [6, 6.07) is 10.2. The summed E-state index contributed by atoms with van der Waals surface area (Å²) in [5.74, 6) is -0.0110. The zero-order valence-corrected chi connectivity index (χ0v) is 12.9. The summed E-state index contributed by atoms with van der Waals surface area (Å²) < 4.78 is 5.45. The molecule has 1 aromatic carbocycles. The number of rotatable bonds is 5. The highest BCUT2D eigenvalue weighted by molar-refractivity contribution is 5.96. The Labute approximate surface area is 135 Å². The first-order chi connectivity index (χ1) is 11.3. The minimum Gasteiger partial charge on any atom is -0.382 e. The van der Waals surface area contributed by atoms with E-state index in [-0.39, 0.29) is 23.5 Å². The number of nitrogens with zero attached hydrogens (tertiary/aromatic N) is 3. The van der Waals surface area contributed by atoms with Gasteiger partial charge in [0.15, 0.2) is 11.5 Å². The number of carbonyl (C=O) groups excluding carboxylic acids is 1. The second-order valence-corrected chi connectivity index (χ2v) is 5.54. The first-order valence-electron chi connectivity index (χ1n) is 7.75. The number of carbonyl (C=O) groups is 1. The smallest absolute Gasteiger partial charge is 0.276 e. The van der Waals surface area contributed by atoms with Crippen LogP contribution >= 0.6 is 0 Å². The van der Waals surface area contributed by atoms with Crippen LogP contribution in [0, 0.1) is 0 Å². The highest BCUT2D eigenvalue weighted by Gasteiger charge is 2.29. The van der Waals surface area contributed by atoms with Crippen molar-refractivity contribution in [1.29, 1.82) is 0 Å². The third-order valence-corrected chi connectivity index (χ3v) is 4.02. The molecule has 3 rings (SSSR count). The van der Waals surface area contributed by atoms with Gasteiger partial charge in [-0.3, -0.25) is 4.79 Å². The lowest BCUT2D eigenvalue weighted by atomic mass is 10.1. The maximum atomic E-state index is 12.9. The number of nitrogen functional groups attached to an aromatic ring is 1. The molecule has 0 unspecified atom stereocenters. The molecule has 0 radical (unpaired) electrons. The number of amides is 1. The maximum Gasteiger partial charge on any atom is 0.276 e. The van der Waals surface area contributed by atoms with Gasteiger partial charge in [0, 0.05) is 25.5 Å². The third-order valence-electron chi connectivity index (χ3n) is 4.02. The molecule has 2 heterocycles. The number of aromatic nitrogens is 2. The largest absolute Gasteiger partial charge is 0.382 e. The van der Waals surface area contributed by atoms with Gasteiger partial charge in [-0.15, -0.1) is 0 Å². The van der Waals surface area contributed by atoms with Crippen molar-refractivity contribution in [2.24, 2.45) is 0 Å². The van der Waals surface area contributed by atoms with Gasteiger partial charge in [0.1, 0.15) is 0 Å². The number of ether oxygens (including phenoxy) is 1. The Morgan fingerprint density at radius 1 is 1.26 bits per heavy atom. The van der Waals surface area contributed by atoms with Crippen LogP contribution in [0.2, 0.25) is 0 Å². The summed E-state index contributed by atoms with van der Waals surface area (Å²) in [4.78, 5) is 22.8. The first kappa shape index (κ1) is 15.4. The Morgan fingerprint density at radius 2 is 2.04 bits per heavy atom. The molecule has 23 heavy (non-hydrogen) atoms. The fourth-order valence-corrected chi connectivity index (χ4v) is 2.76. The lowest BCUT2D eigenvalue weighted by molar-refractivity contribution is 0.0651. The Balaban J connectivity index is 1.78. The number of benzene rings is 1. The quantitative estimate of drug-likeness (QED) is 0.905. The molecule has 0 spiro atoms. The molecule has 1 aromatic heterocycles. The van der Waals surface area contributed by atoms with E-state index in [1.165, 1.54) is 18.0 Å². The van der Waals surface area contributed by atoms with Crippen molar-refractivity contribution in [3.05, 3.63) is 54.0 Å². The van der Waals surface area contributed by atoms with Gasteiger partial charge in [0.2, 0.25) is 0 Å². The van der Waals surface area contributed by atoms with Crippen molar-refractivity contribution in [3.8, 4) is 0 Å². The van der Waals surface area contributed by atoms with Gasteiger partial charge in [-0.05, 0) is 18.4 Å². The number of anilines is 1. The van der Waals surface area contributed by atoms with Crippen LogP contribution in [-0.2, 0) is 11.2 Å². The zero-order valence-electron chi connectivity index (χ0n) is 12.9. The van der Waals surface area contributed by atoms with E-state index in [1.807, 2.05) is 23.1 Å². The molecule has 120 valence electrons. The molecule has 1 saturated heterocycles. The van der Waals surface area contributed by atoms with Crippen molar-refractivity contribution >= 4 is 11.7 Å². The summed E-state index contributed by atoms with van der Waals surface area (Å²) in [5, 5.41) is 0. The molecule has 1 amide bonds. The van der Waals surface area contributed by atoms with E-state index in [1.54, 1.807) is 0 Å². The molecule has 0 aliphatic carbocycles. The summed E-state index contributed by atoms with van der Waals surface area (Å²) in [6.07, 6.45) is 4.59. The molecular weight excluding hydrogens is 292 g/mol. The van der Waals surface area contributed by atoms with Gasteiger partial charge in [-0.1, -0.05) is 30.3 Å². The average Bonchev–Trinajstić information content (AvgIpc) is 3.10. The summed E-state index contributed by atoms with van der Waals surface area (Å²) in [6.45, 7) is 1.84. The summed E-state index contributed by atoms with van der Waals surface area (Å²) >= 11 is 0. The van der Waals surface area contributed by atoms with Crippen molar-refractivity contribution in [3.63, 3.8) is 0 Å². The van der Waals surface area contributed by atoms with Crippen LogP contribution in [-0.4, -0.2) is 46.6 Å². The molecule has 2 aromatic rings. The minimum absolute atomic E-state index is 0.0626. The van der Waals surface area contributed by atoms with Crippen LogP contribution in [0.15, 0.2) is 42.7 Å². The van der Waals surface area contributed by atoms with Gasteiger partial charge < -0.3 is 15.4 Å². The Hall–Kier alpha value is -2.47. The fourth-order valence-electron chi connectivity index (χ4n) is 2.76. The van der Waals surface area contributed by atoms with E-state index in [0.29, 0.717) is 19.8 Å². The van der Waals surface area contributed by atoms with E-state index in [2.05, 4.69) is 22.1 Å². The molecule has 1 aliphatic heterocycles. The highest BCUT2D eigenvalue weighted by Crippen LogP contribution is 2.18. The molecule has 1 fully saturated rings. The monoisotopic (exact) mass is 312 g/mol. The topological polar surface area (TPSA) is 81.3 Å². The van der Waals surface area contributed by atoms with Gasteiger partial charge in [0.05, 0.1) is 12.6 Å². The highest BCUT2D eigenvalue weighted by atomic mass is 16.5. The predicted octanol–water partition coefficient (Wildman–Crippen LogP) is 1.53. The molecule has 1 atom stereocenters. The lowest BCUT2D eigenvalue weighted by Gasteiger charge is -2.28. The van der Waals surface area contributed by atoms with Crippen LogP contribution in [0.5, 0.6) is 0 Å². The molecule has 6 heteroatoms. The van der Waals surface area contributed by atoms with Crippen molar-refractivity contribution in [2.75, 3.05) is 25.5 Å². The van der Waals surface area contributed by atoms with Gasteiger partial charge in [-0.2, -0.15) is 0 Å². The molecule has 2 N–H and O–H groups in total. The Morgan fingerprint density at radius 3 is 2.74 bits per heavy atom. The lowest BCUT2D eigenvalue weighted by Crippen LogP contribution is -2.42. The number of nitrogens with two attached hydrogens (primary N) is 1. The van der Waals surface area contributed by atoms with Crippen molar-refractivity contribution in [1.82, 2.24) is 14.9 Å². The molecule has 6 nitrogen and oxygen atoms in total. The van der Waals surface area contributed by atoms with E-state index in [9.17, 15) is 4.79 Å². The minimum atomic E-state index is -0.179. The van der Waals surface area contributed by atoms with Crippen LogP contribution < -0.4 is 5.73 Å². The normalized spacial score (nSPS) is 17.1. The molecular formula is C17H20N4O2. The van der Waals surface area contributed by atoms with E-state index in [0.717, 1.165) is 12.8 Å². The zero-order chi connectivity index (χ0) is 16.1.